The van der Waals surface area contributed by atoms with Crippen LogP contribution in [0, 0.1) is 6.92 Å². The molecule has 0 aromatic heterocycles. The first-order valence-corrected chi connectivity index (χ1v) is 8.04. The largest absolute Gasteiger partial charge is 0.356 e. The van der Waals surface area contributed by atoms with Crippen molar-refractivity contribution in [1.29, 1.82) is 0 Å². The molecule has 1 aliphatic rings. The monoisotopic (exact) mass is 315 g/mol. The number of anilines is 1. The molecule has 0 unspecified atom stereocenters. The van der Waals surface area contributed by atoms with Crippen molar-refractivity contribution in [2.75, 3.05) is 31.5 Å². The second-order valence-corrected chi connectivity index (χ2v) is 5.99. The lowest BCUT2D eigenvalue weighted by Crippen LogP contribution is -2.36. The molecule has 23 heavy (non-hydrogen) atoms. The molecule has 0 bridgehead atoms. The van der Waals surface area contributed by atoms with E-state index in [4.69, 9.17) is 0 Å². The molecular weight excluding hydrogens is 290 g/mol. The predicted octanol–water partition coefficient (Wildman–Crippen LogP) is 2.09. The van der Waals surface area contributed by atoms with Crippen molar-refractivity contribution >= 4 is 17.5 Å². The normalized spacial score (nSPS) is 15.0. The first-order valence-electron chi connectivity index (χ1n) is 8.04. The smallest absolute Gasteiger partial charge is 0.238 e. The third kappa shape index (κ3) is 6.24. The maximum Gasteiger partial charge on any atom is 0.238 e. The van der Waals surface area contributed by atoms with E-state index in [1.54, 1.807) is 0 Å². The van der Waals surface area contributed by atoms with Gasteiger partial charge in [-0.3, -0.25) is 14.5 Å². The maximum absolute atomic E-state index is 12.1. The number of hydrogen-bond donors (Lipinski definition) is 2. The van der Waals surface area contributed by atoms with Gasteiger partial charge in [-0.1, -0.05) is 29.3 Å². The maximum atomic E-state index is 12.1. The van der Waals surface area contributed by atoms with Gasteiger partial charge in [-0.15, -0.1) is 0 Å². The van der Waals surface area contributed by atoms with E-state index in [9.17, 15) is 9.59 Å². The van der Waals surface area contributed by atoms with Gasteiger partial charge in [0.1, 0.15) is 0 Å². The van der Waals surface area contributed by atoms with Crippen molar-refractivity contribution in [3.05, 3.63) is 41.5 Å². The molecule has 1 heterocycles. The van der Waals surface area contributed by atoms with Crippen LogP contribution in [0.25, 0.3) is 0 Å². The lowest BCUT2D eigenvalue weighted by Gasteiger charge is -2.25. The molecule has 2 N–H and O–H groups in total. The van der Waals surface area contributed by atoms with Crippen molar-refractivity contribution < 1.29 is 9.59 Å². The number of aryl methyl sites for hydroxylation is 1. The fourth-order valence-electron chi connectivity index (χ4n) is 2.56. The molecule has 124 valence electrons. The number of rotatable bonds is 6. The van der Waals surface area contributed by atoms with Gasteiger partial charge in [-0.2, -0.15) is 0 Å². The number of amides is 2. The molecule has 0 spiro atoms. The highest BCUT2D eigenvalue weighted by Crippen LogP contribution is 2.14. The Hall–Kier alpha value is -2.14. The summed E-state index contributed by atoms with van der Waals surface area (Å²) in [6.45, 7) is 6.32. The van der Waals surface area contributed by atoms with Crippen LogP contribution in [0.3, 0.4) is 0 Å². The molecule has 1 aromatic carbocycles. The van der Waals surface area contributed by atoms with E-state index >= 15 is 0 Å². The Morgan fingerprint density at radius 3 is 2.57 bits per heavy atom. The average molecular weight is 315 g/mol. The van der Waals surface area contributed by atoms with Crippen molar-refractivity contribution in [2.45, 2.75) is 26.7 Å². The summed E-state index contributed by atoms with van der Waals surface area (Å²) in [5, 5.41) is 5.74. The third-order valence-electron chi connectivity index (χ3n) is 3.91. The summed E-state index contributed by atoms with van der Waals surface area (Å²) >= 11 is 0. The van der Waals surface area contributed by atoms with Crippen LogP contribution in [0.2, 0.25) is 0 Å². The molecule has 0 radical (unpaired) electrons. The van der Waals surface area contributed by atoms with Crippen LogP contribution in [-0.2, 0) is 9.59 Å². The van der Waals surface area contributed by atoms with Crippen LogP contribution >= 0.6 is 0 Å². The van der Waals surface area contributed by atoms with E-state index in [-0.39, 0.29) is 11.8 Å². The minimum absolute atomic E-state index is 0.0100. The molecule has 0 atom stereocenters. The van der Waals surface area contributed by atoms with Crippen molar-refractivity contribution in [3.63, 3.8) is 0 Å². The van der Waals surface area contributed by atoms with Gasteiger partial charge in [0, 0.05) is 32.2 Å². The summed E-state index contributed by atoms with van der Waals surface area (Å²) in [5.74, 6) is 0.0276. The third-order valence-corrected chi connectivity index (χ3v) is 3.91. The lowest BCUT2D eigenvalue weighted by atomic mass is 10.0. The number of hydrogen-bond acceptors (Lipinski definition) is 3. The van der Waals surface area contributed by atoms with E-state index in [1.807, 2.05) is 31.2 Å². The van der Waals surface area contributed by atoms with Gasteiger partial charge in [0.25, 0.3) is 0 Å². The Morgan fingerprint density at radius 1 is 1.22 bits per heavy atom. The van der Waals surface area contributed by atoms with E-state index in [2.05, 4.69) is 21.6 Å². The second-order valence-electron chi connectivity index (χ2n) is 5.99. The summed E-state index contributed by atoms with van der Waals surface area (Å²) in [6.07, 6.45) is 4.02. The summed E-state index contributed by atoms with van der Waals surface area (Å²) in [7, 11) is 0. The Balaban J connectivity index is 1.72. The number of nitrogens with zero attached hydrogens (tertiary/aromatic N) is 1. The topological polar surface area (TPSA) is 61.4 Å². The highest BCUT2D eigenvalue weighted by molar-refractivity contribution is 5.92. The zero-order valence-electron chi connectivity index (χ0n) is 13.9. The van der Waals surface area contributed by atoms with Crippen molar-refractivity contribution in [3.8, 4) is 0 Å². The Morgan fingerprint density at radius 2 is 1.96 bits per heavy atom. The molecule has 1 aliphatic heterocycles. The predicted molar refractivity (Wildman–Crippen MR) is 92.2 cm³/mol. The van der Waals surface area contributed by atoms with Crippen LogP contribution in [0.1, 0.15) is 25.3 Å². The molecule has 5 nitrogen and oxygen atoms in total. The van der Waals surface area contributed by atoms with Crippen LogP contribution < -0.4 is 10.6 Å². The lowest BCUT2D eigenvalue weighted by molar-refractivity contribution is -0.119. The van der Waals surface area contributed by atoms with Gasteiger partial charge in [0.2, 0.25) is 11.8 Å². The SMILES string of the molecule is CC(=O)NCCC1=CCN(CC(=O)Nc2ccc(C)cc2)CC1. The van der Waals surface area contributed by atoms with E-state index < -0.39 is 0 Å². The van der Waals surface area contributed by atoms with E-state index in [1.165, 1.54) is 18.1 Å². The first-order chi connectivity index (χ1) is 11.0. The van der Waals surface area contributed by atoms with Gasteiger partial charge in [-0.25, -0.2) is 0 Å². The van der Waals surface area contributed by atoms with Crippen molar-refractivity contribution in [1.82, 2.24) is 10.2 Å². The molecule has 0 saturated heterocycles. The minimum atomic E-state index is 0.0100. The van der Waals surface area contributed by atoms with E-state index in [0.717, 1.165) is 31.6 Å². The molecule has 2 rings (SSSR count). The Labute approximate surface area is 137 Å². The van der Waals surface area contributed by atoms with Gasteiger partial charge in [0.15, 0.2) is 0 Å². The second kappa shape index (κ2) is 8.48. The summed E-state index contributed by atoms with van der Waals surface area (Å²) < 4.78 is 0. The molecule has 1 aromatic rings. The molecule has 0 aliphatic carbocycles. The fourth-order valence-corrected chi connectivity index (χ4v) is 2.56. The van der Waals surface area contributed by atoms with Crippen molar-refractivity contribution in [2.24, 2.45) is 0 Å². The Bertz CT molecular complexity index is 578. The molecule has 0 saturated carbocycles. The van der Waals surface area contributed by atoms with Crippen LogP contribution in [0.4, 0.5) is 5.69 Å². The fraction of sp³-hybridized carbons (Fsp3) is 0.444. The highest BCUT2D eigenvalue weighted by Gasteiger charge is 2.14. The molecule has 5 heteroatoms. The summed E-state index contributed by atoms with van der Waals surface area (Å²) in [5.41, 5.74) is 3.37. The number of carbonyl (C=O) groups is 2. The molecule has 2 amide bonds. The minimum Gasteiger partial charge on any atom is -0.356 e. The summed E-state index contributed by atoms with van der Waals surface area (Å²) in [6, 6.07) is 7.81. The quantitative estimate of drug-likeness (QED) is 0.790. The molecular formula is C18H25N3O2. The summed E-state index contributed by atoms with van der Waals surface area (Å²) in [4.78, 5) is 25.0. The standard InChI is InChI=1S/C18H25N3O2/c1-14-3-5-17(6-4-14)20-18(23)13-21-11-8-16(9-12-21)7-10-19-15(2)22/h3-6,8H,7,9-13H2,1-2H3,(H,19,22)(H,20,23). The van der Waals surface area contributed by atoms with E-state index in [0.29, 0.717) is 13.1 Å². The first kappa shape index (κ1) is 17.2. The van der Waals surface area contributed by atoms with Gasteiger partial charge in [0.05, 0.1) is 6.54 Å². The van der Waals surface area contributed by atoms with Gasteiger partial charge < -0.3 is 10.6 Å². The van der Waals surface area contributed by atoms with Crippen LogP contribution in [-0.4, -0.2) is 42.9 Å². The average Bonchev–Trinajstić information content (AvgIpc) is 2.51. The van der Waals surface area contributed by atoms with Crippen LogP contribution in [0.15, 0.2) is 35.9 Å². The van der Waals surface area contributed by atoms with Crippen LogP contribution in [0.5, 0.6) is 0 Å². The zero-order chi connectivity index (χ0) is 16.7. The number of benzene rings is 1. The van der Waals surface area contributed by atoms with Gasteiger partial charge in [-0.05, 0) is 31.9 Å². The highest BCUT2D eigenvalue weighted by atomic mass is 16.2. The number of carbonyl (C=O) groups excluding carboxylic acids is 2. The van der Waals surface area contributed by atoms with Gasteiger partial charge >= 0.3 is 0 Å². The zero-order valence-corrected chi connectivity index (χ0v) is 13.9. The Kier molecular flexibility index (Phi) is 6.35. The number of nitrogens with one attached hydrogen (secondary N) is 2. The molecule has 0 fully saturated rings.